The number of amides is 1. The maximum atomic E-state index is 12.3. The van der Waals surface area contributed by atoms with Crippen LogP contribution in [0.15, 0.2) is 52.2 Å². The number of para-hydroxylation sites is 1. The van der Waals surface area contributed by atoms with Gasteiger partial charge in [-0.2, -0.15) is 0 Å². The summed E-state index contributed by atoms with van der Waals surface area (Å²) >= 11 is 6.93. The molecule has 0 bridgehead atoms. The summed E-state index contributed by atoms with van der Waals surface area (Å²) in [5.74, 6) is 1.15. The molecule has 3 rings (SSSR count). The summed E-state index contributed by atoms with van der Waals surface area (Å²) in [4.78, 5) is 16.3. The highest BCUT2D eigenvalue weighted by Crippen LogP contribution is 2.31. The normalized spacial score (nSPS) is 11.8. The van der Waals surface area contributed by atoms with Crippen molar-refractivity contribution in [2.45, 2.75) is 17.4 Å². The molecule has 2 aromatic heterocycles. The Labute approximate surface area is 159 Å². The van der Waals surface area contributed by atoms with Crippen molar-refractivity contribution in [2.24, 2.45) is 0 Å². The average Bonchev–Trinajstić information content (AvgIpc) is 3.11. The second kappa shape index (κ2) is 8.20. The van der Waals surface area contributed by atoms with Gasteiger partial charge in [-0.05, 0) is 31.2 Å². The molecule has 2 heterocycles. The van der Waals surface area contributed by atoms with E-state index in [1.165, 1.54) is 6.20 Å². The first-order valence-electron chi connectivity index (χ1n) is 7.63. The zero-order valence-corrected chi connectivity index (χ0v) is 15.5. The summed E-state index contributed by atoms with van der Waals surface area (Å²) in [5.41, 5.74) is 0.691. The first kappa shape index (κ1) is 18.2. The third kappa shape index (κ3) is 4.33. The van der Waals surface area contributed by atoms with Crippen molar-refractivity contribution in [1.82, 2.24) is 15.2 Å². The predicted octanol–water partition coefficient (Wildman–Crippen LogP) is 3.91. The molecule has 0 saturated carbocycles. The van der Waals surface area contributed by atoms with Gasteiger partial charge in [0.15, 0.2) is 0 Å². The van der Waals surface area contributed by atoms with E-state index in [1.807, 2.05) is 24.3 Å². The minimum Gasteiger partial charge on any atom is -0.496 e. The Kier molecular flexibility index (Phi) is 5.75. The van der Waals surface area contributed by atoms with Gasteiger partial charge in [0.2, 0.25) is 5.91 Å². The Hall–Kier alpha value is -2.58. The molecule has 0 saturated heterocycles. The third-order valence-corrected chi connectivity index (χ3v) is 4.53. The lowest BCUT2D eigenvalue weighted by Gasteiger charge is -2.09. The summed E-state index contributed by atoms with van der Waals surface area (Å²) in [6.07, 6.45) is 1.46. The zero-order chi connectivity index (χ0) is 18.5. The Balaban J connectivity index is 1.66. The first-order chi connectivity index (χ1) is 12.6. The van der Waals surface area contributed by atoms with Crippen LogP contribution in [0.25, 0.3) is 11.5 Å². The van der Waals surface area contributed by atoms with E-state index >= 15 is 0 Å². The minimum atomic E-state index is -0.460. The highest BCUT2D eigenvalue weighted by atomic mass is 35.5. The number of pyridine rings is 1. The number of nitrogens with zero attached hydrogens (tertiary/aromatic N) is 3. The molecular formula is C17H15ClN4O3S. The summed E-state index contributed by atoms with van der Waals surface area (Å²) < 4.78 is 10.9. The van der Waals surface area contributed by atoms with Crippen molar-refractivity contribution in [2.75, 3.05) is 12.4 Å². The van der Waals surface area contributed by atoms with Gasteiger partial charge < -0.3 is 14.5 Å². The van der Waals surface area contributed by atoms with E-state index in [0.29, 0.717) is 28.0 Å². The molecule has 3 aromatic rings. The zero-order valence-electron chi connectivity index (χ0n) is 14.0. The van der Waals surface area contributed by atoms with Crippen LogP contribution in [0.4, 0.5) is 5.82 Å². The van der Waals surface area contributed by atoms with E-state index in [1.54, 1.807) is 26.2 Å². The lowest BCUT2D eigenvalue weighted by Crippen LogP contribution is -2.22. The number of methoxy groups -OCH3 is 1. The highest BCUT2D eigenvalue weighted by molar-refractivity contribution is 8.00. The van der Waals surface area contributed by atoms with Crippen LogP contribution in [0.5, 0.6) is 5.75 Å². The third-order valence-electron chi connectivity index (χ3n) is 3.37. The summed E-state index contributed by atoms with van der Waals surface area (Å²) in [7, 11) is 1.57. The van der Waals surface area contributed by atoms with Crippen molar-refractivity contribution < 1.29 is 13.9 Å². The number of halogens is 1. The molecule has 0 aliphatic carbocycles. The molecule has 0 fully saturated rings. The van der Waals surface area contributed by atoms with E-state index in [-0.39, 0.29) is 11.1 Å². The number of ether oxygens (including phenoxy) is 1. The number of aromatic nitrogens is 3. The van der Waals surface area contributed by atoms with Gasteiger partial charge in [0.1, 0.15) is 11.6 Å². The minimum absolute atomic E-state index is 0.234. The Morgan fingerprint density at radius 1 is 1.27 bits per heavy atom. The molecule has 1 amide bonds. The number of carbonyl (C=O) groups is 1. The molecule has 1 N–H and O–H groups in total. The fourth-order valence-electron chi connectivity index (χ4n) is 2.07. The van der Waals surface area contributed by atoms with Gasteiger partial charge in [-0.15, -0.1) is 10.2 Å². The second-order valence-corrected chi connectivity index (χ2v) is 6.91. The van der Waals surface area contributed by atoms with Gasteiger partial charge in [0, 0.05) is 6.20 Å². The number of hydrogen-bond donors (Lipinski definition) is 1. The van der Waals surface area contributed by atoms with E-state index in [4.69, 9.17) is 20.8 Å². The van der Waals surface area contributed by atoms with Crippen LogP contribution >= 0.6 is 23.4 Å². The number of thioether (sulfide) groups is 1. The largest absolute Gasteiger partial charge is 0.496 e. The summed E-state index contributed by atoms with van der Waals surface area (Å²) in [6, 6.07) is 10.6. The Morgan fingerprint density at radius 3 is 2.81 bits per heavy atom. The second-order valence-electron chi connectivity index (χ2n) is 5.18. The number of carbonyl (C=O) groups excluding carboxylic acids is 1. The van der Waals surface area contributed by atoms with Crippen molar-refractivity contribution in [3.63, 3.8) is 0 Å². The van der Waals surface area contributed by atoms with Crippen molar-refractivity contribution in [1.29, 1.82) is 0 Å². The number of nitrogens with one attached hydrogen (secondary N) is 1. The van der Waals surface area contributed by atoms with Gasteiger partial charge in [-0.1, -0.05) is 35.5 Å². The molecule has 1 aromatic carbocycles. The average molecular weight is 391 g/mol. The molecule has 0 spiro atoms. The molecule has 9 heteroatoms. The van der Waals surface area contributed by atoms with Crippen molar-refractivity contribution >= 4 is 35.1 Å². The van der Waals surface area contributed by atoms with Crippen LogP contribution < -0.4 is 10.1 Å². The Bertz CT molecular complexity index is 901. The van der Waals surface area contributed by atoms with Gasteiger partial charge >= 0.3 is 0 Å². The smallest absolute Gasteiger partial charge is 0.277 e. The molecule has 1 unspecified atom stereocenters. The van der Waals surface area contributed by atoms with Gasteiger partial charge in [0.25, 0.3) is 11.1 Å². The molecule has 7 nitrogen and oxygen atoms in total. The Morgan fingerprint density at radius 2 is 2.08 bits per heavy atom. The van der Waals surface area contributed by atoms with Gasteiger partial charge in [0.05, 0.1) is 22.9 Å². The van der Waals surface area contributed by atoms with Crippen LogP contribution in [-0.2, 0) is 4.79 Å². The SMILES string of the molecule is COc1ccccc1-c1nnc(SC(C)C(=O)Nc2ccc(Cl)cn2)o1. The predicted molar refractivity (Wildman–Crippen MR) is 99.5 cm³/mol. The van der Waals surface area contributed by atoms with E-state index in [2.05, 4.69) is 20.5 Å². The number of hydrogen-bond acceptors (Lipinski definition) is 7. The van der Waals surface area contributed by atoms with Gasteiger partial charge in [-0.25, -0.2) is 4.98 Å². The van der Waals surface area contributed by atoms with E-state index in [0.717, 1.165) is 11.8 Å². The molecule has 0 radical (unpaired) electrons. The molecule has 134 valence electrons. The summed E-state index contributed by atoms with van der Waals surface area (Å²) in [5, 5.41) is 11.0. The van der Waals surface area contributed by atoms with Gasteiger partial charge in [-0.3, -0.25) is 4.79 Å². The first-order valence-corrected chi connectivity index (χ1v) is 8.88. The van der Waals surface area contributed by atoms with Crippen molar-refractivity contribution in [3.8, 4) is 17.2 Å². The van der Waals surface area contributed by atoms with Crippen LogP contribution in [0.2, 0.25) is 5.02 Å². The maximum absolute atomic E-state index is 12.3. The van der Waals surface area contributed by atoms with Crippen LogP contribution in [-0.4, -0.2) is 33.4 Å². The quantitative estimate of drug-likeness (QED) is 0.638. The molecular weight excluding hydrogens is 376 g/mol. The number of rotatable bonds is 6. The van der Waals surface area contributed by atoms with Crippen LogP contribution in [0.1, 0.15) is 6.92 Å². The van der Waals surface area contributed by atoms with E-state index < -0.39 is 5.25 Å². The highest BCUT2D eigenvalue weighted by Gasteiger charge is 2.20. The fraction of sp³-hybridized carbons (Fsp3) is 0.176. The van der Waals surface area contributed by atoms with Crippen molar-refractivity contribution in [3.05, 3.63) is 47.6 Å². The number of benzene rings is 1. The molecule has 0 aliphatic rings. The maximum Gasteiger partial charge on any atom is 0.277 e. The van der Waals surface area contributed by atoms with E-state index in [9.17, 15) is 4.79 Å². The fourth-order valence-corrected chi connectivity index (χ4v) is 2.87. The van der Waals surface area contributed by atoms with Crippen LogP contribution in [0.3, 0.4) is 0 Å². The standard InChI is InChI=1S/C17H15ClN4O3S/c1-10(15(23)20-14-8-7-11(18)9-19-14)26-17-22-21-16(25-17)12-5-3-4-6-13(12)24-2/h3-10H,1-2H3,(H,19,20,23). The topological polar surface area (TPSA) is 90.1 Å². The molecule has 26 heavy (non-hydrogen) atoms. The summed E-state index contributed by atoms with van der Waals surface area (Å²) in [6.45, 7) is 1.74. The van der Waals surface area contributed by atoms with Crippen LogP contribution in [0, 0.1) is 0 Å². The lowest BCUT2D eigenvalue weighted by atomic mass is 10.2. The lowest BCUT2D eigenvalue weighted by molar-refractivity contribution is -0.115. The monoisotopic (exact) mass is 390 g/mol. The molecule has 1 atom stereocenters. The molecule has 0 aliphatic heterocycles. The number of anilines is 1.